The van der Waals surface area contributed by atoms with E-state index in [4.69, 9.17) is 22.1 Å². The van der Waals surface area contributed by atoms with E-state index in [-0.39, 0.29) is 5.91 Å². The Labute approximate surface area is 194 Å². The van der Waals surface area contributed by atoms with Crippen LogP contribution < -0.4 is 15.8 Å². The molecule has 168 valence electrons. The number of rotatable bonds is 10. The number of thioether (sulfide) groups is 1. The number of hydrogen-bond donors (Lipinski definition) is 2. The van der Waals surface area contributed by atoms with E-state index in [9.17, 15) is 4.79 Å². The van der Waals surface area contributed by atoms with Crippen molar-refractivity contribution < 1.29 is 9.53 Å². The molecule has 0 saturated carbocycles. The normalized spacial score (nSPS) is 15.0. The van der Waals surface area contributed by atoms with Crippen LogP contribution in [-0.2, 0) is 0 Å². The van der Waals surface area contributed by atoms with Gasteiger partial charge in [0.15, 0.2) is 0 Å². The lowest BCUT2D eigenvalue weighted by atomic mass is 9.96. The molecule has 1 aliphatic heterocycles. The van der Waals surface area contributed by atoms with Crippen LogP contribution in [0.15, 0.2) is 47.4 Å². The van der Waals surface area contributed by atoms with Gasteiger partial charge in [-0.05, 0) is 75.2 Å². The zero-order valence-electron chi connectivity index (χ0n) is 18.1. The number of carbonyl (C=O) groups is 1. The zero-order chi connectivity index (χ0) is 22.1. The number of ether oxygens (including phenoxy) is 1. The third kappa shape index (κ3) is 7.34. The van der Waals surface area contributed by atoms with E-state index in [0.717, 1.165) is 32.5 Å². The van der Waals surface area contributed by atoms with Crippen LogP contribution in [0.5, 0.6) is 5.75 Å². The van der Waals surface area contributed by atoms with Crippen molar-refractivity contribution in [2.75, 3.05) is 44.8 Å². The average Bonchev–Trinajstić information content (AvgIpc) is 2.80. The Kier molecular flexibility index (Phi) is 9.37. The van der Waals surface area contributed by atoms with Gasteiger partial charge in [-0.15, -0.1) is 11.8 Å². The van der Waals surface area contributed by atoms with Crippen LogP contribution in [0.1, 0.15) is 36.0 Å². The highest BCUT2D eigenvalue weighted by atomic mass is 35.5. The topological polar surface area (TPSA) is 67.6 Å². The minimum Gasteiger partial charge on any atom is -0.496 e. The Morgan fingerprint density at radius 2 is 1.97 bits per heavy atom. The highest BCUT2D eigenvalue weighted by Gasteiger charge is 2.21. The standard InChI is InChI=1S/C24H32ClN3O2S/c1-30-23-16-22(26)21(25)15-20(23)24(29)27-17-18-9-12-28(13-10-18)11-5-6-14-31-19-7-3-2-4-8-19/h2-4,7-8,15-16,18H,5-6,9-14,17,26H2,1H3,(H,27,29). The van der Waals surface area contributed by atoms with Crippen LogP contribution in [0.2, 0.25) is 5.02 Å². The number of hydrogen-bond acceptors (Lipinski definition) is 5. The molecule has 7 heteroatoms. The van der Waals surface area contributed by atoms with Crippen LogP contribution in [0.3, 0.4) is 0 Å². The molecule has 1 fully saturated rings. The monoisotopic (exact) mass is 461 g/mol. The van der Waals surface area contributed by atoms with Gasteiger partial charge in [0.05, 0.1) is 23.4 Å². The molecule has 2 aromatic rings. The summed E-state index contributed by atoms with van der Waals surface area (Å²) in [4.78, 5) is 16.5. The molecule has 0 radical (unpaired) electrons. The number of methoxy groups -OCH3 is 1. The predicted octanol–water partition coefficient (Wildman–Crippen LogP) is 4.95. The van der Waals surface area contributed by atoms with Crippen LogP contribution >= 0.6 is 23.4 Å². The van der Waals surface area contributed by atoms with Gasteiger partial charge in [-0.2, -0.15) is 0 Å². The molecular weight excluding hydrogens is 430 g/mol. The molecule has 0 unspecified atom stereocenters. The van der Waals surface area contributed by atoms with Crippen molar-refractivity contribution in [3.05, 3.63) is 53.1 Å². The lowest BCUT2D eigenvalue weighted by molar-refractivity contribution is 0.0933. The van der Waals surface area contributed by atoms with Crippen molar-refractivity contribution in [1.82, 2.24) is 10.2 Å². The first-order valence-electron chi connectivity index (χ1n) is 10.9. The molecule has 2 aromatic carbocycles. The maximum absolute atomic E-state index is 12.6. The van der Waals surface area contributed by atoms with Gasteiger partial charge in [0, 0.05) is 17.5 Å². The quantitative estimate of drug-likeness (QED) is 0.298. The van der Waals surface area contributed by atoms with Crippen molar-refractivity contribution in [3.8, 4) is 5.75 Å². The van der Waals surface area contributed by atoms with Crippen molar-refractivity contribution in [2.45, 2.75) is 30.6 Å². The Bertz CT molecular complexity index is 842. The molecule has 1 heterocycles. The first-order valence-corrected chi connectivity index (χ1v) is 12.2. The Balaban J connectivity index is 1.32. The Morgan fingerprint density at radius 3 is 2.68 bits per heavy atom. The molecule has 1 saturated heterocycles. The van der Waals surface area contributed by atoms with Crippen molar-refractivity contribution >= 4 is 35.0 Å². The maximum Gasteiger partial charge on any atom is 0.255 e. The van der Waals surface area contributed by atoms with Crippen molar-refractivity contribution in [3.63, 3.8) is 0 Å². The molecule has 0 bridgehead atoms. The Morgan fingerprint density at radius 1 is 1.23 bits per heavy atom. The number of carbonyl (C=O) groups excluding carboxylic acids is 1. The number of likely N-dealkylation sites (tertiary alicyclic amines) is 1. The van der Waals surface area contributed by atoms with Gasteiger partial charge in [-0.1, -0.05) is 29.8 Å². The lowest BCUT2D eigenvalue weighted by Gasteiger charge is -2.32. The van der Waals surface area contributed by atoms with Crippen LogP contribution in [-0.4, -0.2) is 49.8 Å². The summed E-state index contributed by atoms with van der Waals surface area (Å²) in [6.07, 6.45) is 4.69. The van der Waals surface area contributed by atoms with Crippen molar-refractivity contribution in [1.29, 1.82) is 0 Å². The number of benzene rings is 2. The summed E-state index contributed by atoms with van der Waals surface area (Å²) in [6.45, 7) is 4.04. The number of halogens is 1. The van der Waals surface area contributed by atoms with E-state index >= 15 is 0 Å². The molecule has 0 atom stereocenters. The van der Waals surface area contributed by atoms with Gasteiger partial charge in [0.25, 0.3) is 5.91 Å². The minimum atomic E-state index is -0.169. The molecule has 3 rings (SSSR count). The summed E-state index contributed by atoms with van der Waals surface area (Å²) in [5.41, 5.74) is 6.63. The van der Waals surface area contributed by atoms with Crippen LogP contribution in [0.25, 0.3) is 0 Å². The molecule has 0 spiro atoms. The number of nitrogens with zero attached hydrogens (tertiary/aromatic N) is 1. The van der Waals surface area contributed by atoms with E-state index < -0.39 is 0 Å². The van der Waals surface area contributed by atoms with E-state index in [1.807, 2.05) is 11.8 Å². The largest absolute Gasteiger partial charge is 0.496 e. The third-order valence-electron chi connectivity index (χ3n) is 5.70. The first kappa shape index (κ1) is 23.8. The molecule has 0 aliphatic carbocycles. The number of anilines is 1. The summed E-state index contributed by atoms with van der Waals surface area (Å²) < 4.78 is 5.28. The lowest BCUT2D eigenvalue weighted by Crippen LogP contribution is -2.39. The second-order valence-corrected chi connectivity index (χ2v) is 9.51. The fourth-order valence-electron chi connectivity index (χ4n) is 3.81. The van der Waals surface area contributed by atoms with Gasteiger partial charge in [-0.3, -0.25) is 4.79 Å². The number of nitrogen functional groups attached to an aromatic ring is 1. The highest BCUT2D eigenvalue weighted by molar-refractivity contribution is 7.99. The number of nitrogens with two attached hydrogens (primary N) is 1. The van der Waals surface area contributed by atoms with Gasteiger partial charge in [0.1, 0.15) is 5.75 Å². The number of amides is 1. The van der Waals surface area contributed by atoms with Crippen LogP contribution in [0.4, 0.5) is 5.69 Å². The molecule has 31 heavy (non-hydrogen) atoms. The maximum atomic E-state index is 12.6. The van der Waals surface area contributed by atoms with Gasteiger partial charge >= 0.3 is 0 Å². The second kappa shape index (κ2) is 12.2. The van der Waals surface area contributed by atoms with Gasteiger partial charge in [-0.25, -0.2) is 0 Å². The first-order chi connectivity index (χ1) is 15.1. The minimum absolute atomic E-state index is 0.169. The predicted molar refractivity (Wildman–Crippen MR) is 130 cm³/mol. The van der Waals surface area contributed by atoms with E-state index in [1.165, 1.54) is 30.6 Å². The number of nitrogens with one attached hydrogen (secondary N) is 1. The van der Waals surface area contributed by atoms with E-state index in [0.29, 0.717) is 34.5 Å². The number of piperidine rings is 1. The molecule has 1 amide bonds. The van der Waals surface area contributed by atoms with E-state index in [2.05, 4.69) is 40.5 Å². The van der Waals surface area contributed by atoms with Gasteiger partial charge in [0.2, 0.25) is 0 Å². The smallest absolute Gasteiger partial charge is 0.255 e. The fourth-order valence-corrected chi connectivity index (χ4v) is 4.90. The number of unbranched alkanes of at least 4 members (excludes halogenated alkanes) is 1. The van der Waals surface area contributed by atoms with E-state index in [1.54, 1.807) is 12.1 Å². The fraction of sp³-hybridized carbons (Fsp3) is 0.458. The molecule has 5 nitrogen and oxygen atoms in total. The molecule has 3 N–H and O–H groups in total. The second-order valence-electron chi connectivity index (χ2n) is 7.94. The Hall–Kier alpha value is -1.89. The van der Waals surface area contributed by atoms with Gasteiger partial charge < -0.3 is 20.7 Å². The molecule has 1 aliphatic rings. The molecular formula is C24H32ClN3O2S. The summed E-state index contributed by atoms with van der Waals surface area (Å²) in [5.74, 6) is 1.95. The van der Waals surface area contributed by atoms with Crippen molar-refractivity contribution in [2.24, 2.45) is 5.92 Å². The summed E-state index contributed by atoms with van der Waals surface area (Å²) in [6, 6.07) is 13.8. The van der Waals surface area contributed by atoms with Crippen LogP contribution in [0, 0.1) is 5.92 Å². The third-order valence-corrected chi connectivity index (χ3v) is 7.13. The SMILES string of the molecule is COc1cc(N)c(Cl)cc1C(=O)NCC1CCN(CCCCSc2ccccc2)CC1. The summed E-state index contributed by atoms with van der Waals surface area (Å²) in [5, 5.41) is 3.40. The highest BCUT2D eigenvalue weighted by Crippen LogP contribution is 2.29. The molecule has 0 aromatic heterocycles. The average molecular weight is 462 g/mol. The summed E-state index contributed by atoms with van der Waals surface area (Å²) in [7, 11) is 1.52. The zero-order valence-corrected chi connectivity index (χ0v) is 19.7. The summed E-state index contributed by atoms with van der Waals surface area (Å²) >= 11 is 8.01.